The highest BCUT2D eigenvalue weighted by molar-refractivity contribution is 6.07. The van der Waals surface area contributed by atoms with Crippen molar-refractivity contribution in [2.24, 2.45) is 0 Å². The normalized spacial score (nSPS) is 10.5. The average Bonchev–Trinajstić information content (AvgIpc) is 2.69. The van der Waals surface area contributed by atoms with Crippen LogP contribution < -0.4 is 0 Å². The SMILES string of the molecule is O=C(O)CCC(=O)c1c[nH]c2ncncc12. The van der Waals surface area contributed by atoms with Gasteiger partial charge in [-0.1, -0.05) is 0 Å². The van der Waals surface area contributed by atoms with E-state index >= 15 is 0 Å². The number of nitrogens with zero attached hydrogens (tertiary/aromatic N) is 2. The van der Waals surface area contributed by atoms with Crippen LogP contribution in [0.4, 0.5) is 0 Å². The van der Waals surface area contributed by atoms with E-state index in [1.807, 2.05) is 0 Å². The number of rotatable bonds is 4. The van der Waals surface area contributed by atoms with Crippen molar-refractivity contribution in [2.75, 3.05) is 0 Å². The van der Waals surface area contributed by atoms with E-state index in [-0.39, 0.29) is 18.6 Å². The maximum Gasteiger partial charge on any atom is 0.303 e. The number of carbonyl (C=O) groups excluding carboxylic acids is 1. The van der Waals surface area contributed by atoms with Crippen LogP contribution in [0.25, 0.3) is 11.0 Å². The Morgan fingerprint density at radius 1 is 1.38 bits per heavy atom. The molecule has 16 heavy (non-hydrogen) atoms. The molecule has 0 spiro atoms. The molecule has 0 aromatic carbocycles. The van der Waals surface area contributed by atoms with Gasteiger partial charge >= 0.3 is 5.97 Å². The Bertz CT molecular complexity index is 547. The number of carboxylic acids is 1. The number of H-pyrrole nitrogens is 1. The van der Waals surface area contributed by atoms with Gasteiger partial charge in [0.25, 0.3) is 0 Å². The first-order chi connectivity index (χ1) is 7.68. The van der Waals surface area contributed by atoms with Gasteiger partial charge in [0.2, 0.25) is 0 Å². The number of ketones is 1. The van der Waals surface area contributed by atoms with Crippen LogP contribution in [0, 0.1) is 0 Å². The van der Waals surface area contributed by atoms with E-state index in [0.29, 0.717) is 16.6 Å². The summed E-state index contributed by atoms with van der Waals surface area (Å²) in [7, 11) is 0. The topological polar surface area (TPSA) is 95.9 Å². The molecule has 0 aliphatic carbocycles. The molecule has 2 N–H and O–H groups in total. The van der Waals surface area contributed by atoms with E-state index in [4.69, 9.17) is 5.11 Å². The summed E-state index contributed by atoms with van der Waals surface area (Å²) in [5.74, 6) is -1.20. The van der Waals surface area contributed by atoms with Crippen molar-refractivity contribution >= 4 is 22.8 Å². The van der Waals surface area contributed by atoms with Gasteiger partial charge in [-0.2, -0.15) is 0 Å². The van der Waals surface area contributed by atoms with E-state index in [0.717, 1.165) is 0 Å². The largest absolute Gasteiger partial charge is 0.481 e. The molecule has 0 fully saturated rings. The van der Waals surface area contributed by atoms with Gasteiger partial charge in [-0.25, -0.2) is 9.97 Å². The highest BCUT2D eigenvalue weighted by Gasteiger charge is 2.13. The fourth-order valence-electron chi connectivity index (χ4n) is 1.45. The lowest BCUT2D eigenvalue weighted by Gasteiger charge is -1.95. The van der Waals surface area contributed by atoms with Crippen molar-refractivity contribution in [3.05, 3.63) is 24.3 Å². The number of nitrogens with one attached hydrogen (secondary N) is 1. The molecule has 0 unspecified atom stereocenters. The molecule has 2 heterocycles. The standard InChI is InChI=1S/C10H9N3O3/c14-8(1-2-9(15)16)6-4-12-10-7(6)3-11-5-13-10/h3-5H,1-2H2,(H,15,16)(H,11,12,13). The number of Topliss-reactive ketones (excluding diaryl/α,β-unsaturated/α-hetero) is 1. The first-order valence-corrected chi connectivity index (χ1v) is 4.70. The van der Waals surface area contributed by atoms with Gasteiger partial charge in [0.05, 0.1) is 6.42 Å². The molecule has 2 aromatic heterocycles. The second-order valence-electron chi connectivity index (χ2n) is 3.30. The zero-order valence-corrected chi connectivity index (χ0v) is 8.30. The Balaban J connectivity index is 2.26. The maximum atomic E-state index is 11.7. The summed E-state index contributed by atoms with van der Waals surface area (Å²) >= 11 is 0. The summed E-state index contributed by atoms with van der Waals surface area (Å²) in [4.78, 5) is 32.6. The second-order valence-corrected chi connectivity index (χ2v) is 3.30. The Morgan fingerprint density at radius 2 is 2.19 bits per heavy atom. The third-order valence-electron chi connectivity index (χ3n) is 2.22. The number of carbonyl (C=O) groups is 2. The molecule has 0 atom stereocenters. The highest BCUT2D eigenvalue weighted by atomic mass is 16.4. The number of aromatic amines is 1. The summed E-state index contributed by atoms with van der Waals surface area (Å²) in [6.07, 6.45) is 4.26. The Kier molecular flexibility index (Phi) is 2.63. The predicted molar refractivity (Wildman–Crippen MR) is 55.1 cm³/mol. The van der Waals surface area contributed by atoms with Crippen LogP contribution in [-0.4, -0.2) is 31.8 Å². The summed E-state index contributed by atoms with van der Waals surface area (Å²) in [6, 6.07) is 0. The van der Waals surface area contributed by atoms with Gasteiger partial charge in [-0.05, 0) is 0 Å². The lowest BCUT2D eigenvalue weighted by molar-refractivity contribution is -0.136. The van der Waals surface area contributed by atoms with Gasteiger partial charge < -0.3 is 10.1 Å². The third-order valence-corrected chi connectivity index (χ3v) is 2.22. The van der Waals surface area contributed by atoms with Gasteiger partial charge in [0, 0.05) is 29.8 Å². The number of aliphatic carboxylic acids is 1. The minimum Gasteiger partial charge on any atom is -0.481 e. The lowest BCUT2D eigenvalue weighted by Crippen LogP contribution is -2.03. The van der Waals surface area contributed by atoms with Crippen molar-refractivity contribution < 1.29 is 14.7 Å². The Labute approximate surface area is 90.3 Å². The zero-order valence-electron chi connectivity index (χ0n) is 8.30. The molecule has 6 heteroatoms. The van der Waals surface area contributed by atoms with Gasteiger partial charge in [0.1, 0.15) is 12.0 Å². The van der Waals surface area contributed by atoms with E-state index in [1.54, 1.807) is 0 Å². The van der Waals surface area contributed by atoms with Crippen molar-refractivity contribution in [3.8, 4) is 0 Å². The first kappa shape index (κ1) is 10.3. The van der Waals surface area contributed by atoms with Gasteiger partial charge in [-0.3, -0.25) is 9.59 Å². The molecule has 2 aromatic rings. The fraction of sp³-hybridized carbons (Fsp3) is 0.200. The van der Waals surface area contributed by atoms with Crippen LogP contribution >= 0.6 is 0 Å². The number of carboxylic acid groups (broad SMARTS) is 1. The minimum absolute atomic E-state index is 0.0167. The molecular formula is C10H9N3O3. The summed E-state index contributed by atoms with van der Waals surface area (Å²) in [6.45, 7) is 0. The average molecular weight is 219 g/mol. The molecule has 82 valence electrons. The molecule has 0 bridgehead atoms. The summed E-state index contributed by atoms with van der Waals surface area (Å²) < 4.78 is 0. The zero-order chi connectivity index (χ0) is 11.5. The fourth-order valence-corrected chi connectivity index (χ4v) is 1.45. The lowest BCUT2D eigenvalue weighted by atomic mass is 10.1. The van der Waals surface area contributed by atoms with Crippen LogP contribution in [0.3, 0.4) is 0 Å². The molecule has 0 radical (unpaired) electrons. The molecular weight excluding hydrogens is 210 g/mol. The number of fused-ring (bicyclic) bond motifs is 1. The Hall–Kier alpha value is -2.24. The monoisotopic (exact) mass is 219 g/mol. The van der Waals surface area contributed by atoms with Gasteiger partial charge in [0.15, 0.2) is 5.78 Å². The van der Waals surface area contributed by atoms with Crippen molar-refractivity contribution in [2.45, 2.75) is 12.8 Å². The van der Waals surface area contributed by atoms with E-state index in [1.165, 1.54) is 18.7 Å². The smallest absolute Gasteiger partial charge is 0.303 e. The highest BCUT2D eigenvalue weighted by Crippen LogP contribution is 2.16. The maximum absolute atomic E-state index is 11.7. The summed E-state index contributed by atoms with van der Waals surface area (Å²) in [5, 5.41) is 9.11. The van der Waals surface area contributed by atoms with E-state index in [9.17, 15) is 9.59 Å². The molecule has 0 aliphatic heterocycles. The first-order valence-electron chi connectivity index (χ1n) is 4.70. The van der Waals surface area contributed by atoms with Crippen LogP contribution in [0.1, 0.15) is 23.2 Å². The quantitative estimate of drug-likeness (QED) is 0.748. The van der Waals surface area contributed by atoms with Crippen LogP contribution in [0.5, 0.6) is 0 Å². The van der Waals surface area contributed by atoms with Crippen LogP contribution in [-0.2, 0) is 4.79 Å². The van der Waals surface area contributed by atoms with Crippen LogP contribution in [0.2, 0.25) is 0 Å². The van der Waals surface area contributed by atoms with Crippen molar-refractivity contribution in [3.63, 3.8) is 0 Å². The van der Waals surface area contributed by atoms with Crippen LogP contribution in [0.15, 0.2) is 18.7 Å². The van der Waals surface area contributed by atoms with E-state index in [2.05, 4.69) is 15.0 Å². The predicted octanol–water partition coefficient (Wildman–Crippen LogP) is 1.01. The number of hydrogen-bond donors (Lipinski definition) is 2. The number of hydrogen-bond acceptors (Lipinski definition) is 4. The third kappa shape index (κ3) is 1.90. The molecule has 6 nitrogen and oxygen atoms in total. The molecule has 2 rings (SSSR count). The van der Waals surface area contributed by atoms with Crippen molar-refractivity contribution in [1.82, 2.24) is 15.0 Å². The second kappa shape index (κ2) is 4.09. The molecule has 0 aliphatic rings. The molecule has 0 saturated heterocycles. The number of aromatic nitrogens is 3. The van der Waals surface area contributed by atoms with Crippen molar-refractivity contribution in [1.29, 1.82) is 0 Å². The minimum atomic E-state index is -0.982. The van der Waals surface area contributed by atoms with E-state index < -0.39 is 5.97 Å². The Morgan fingerprint density at radius 3 is 2.94 bits per heavy atom. The van der Waals surface area contributed by atoms with Gasteiger partial charge in [-0.15, -0.1) is 0 Å². The molecule has 0 saturated carbocycles. The molecule has 0 amide bonds. The summed E-state index contributed by atoms with van der Waals surface area (Å²) in [5.41, 5.74) is 1.02.